The molecule has 0 aromatic carbocycles. The molecule has 1 aliphatic heterocycles. The second kappa shape index (κ2) is 3.62. The van der Waals surface area contributed by atoms with E-state index in [-0.39, 0.29) is 17.5 Å². The fourth-order valence-corrected chi connectivity index (χ4v) is 1.95. The Morgan fingerprint density at radius 2 is 2.31 bits per heavy atom. The first-order valence-corrected chi connectivity index (χ1v) is 4.74. The van der Waals surface area contributed by atoms with E-state index in [1.807, 2.05) is 13.8 Å². The van der Waals surface area contributed by atoms with Gasteiger partial charge in [0.1, 0.15) is 5.78 Å². The minimum Gasteiger partial charge on any atom is -0.367 e. The molecule has 0 saturated heterocycles. The topological polar surface area (TPSA) is 26.3 Å². The number of hydrogen-bond donors (Lipinski definition) is 0. The minimum absolute atomic E-state index is 0.0810. The van der Waals surface area contributed by atoms with E-state index >= 15 is 0 Å². The Balaban J connectivity index is 2.64. The van der Waals surface area contributed by atoms with Gasteiger partial charge in [-0.25, -0.2) is 0 Å². The summed E-state index contributed by atoms with van der Waals surface area (Å²) in [7, 11) is 0. The first-order chi connectivity index (χ1) is 5.89. The Morgan fingerprint density at radius 1 is 1.69 bits per heavy atom. The average Bonchev–Trinajstić information content (AvgIpc) is 1.78. The average molecular weight is 182 g/mol. The van der Waals surface area contributed by atoms with E-state index in [0.29, 0.717) is 6.42 Å². The number of ketones is 1. The molecular formula is C11H18O2. The molecule has 2 heteroatoms. The molecule has 1 unspecified atom stereocenters. The van der Waals surface area contributed by atoms with Crippen molar-refractivity contribution in [3.05, 3.63) is 11.6 Å². The molecule has 0 aromatic heterocycles. The molecule has 0 radical (unpaired) electrons. The van der Waals surface area contributed by atoms with Crippen LogP contribution >= 0.6 is 0 Å². The van der Waals surface area contributed by atoms with Gasteiger partial charge in [-0.1, -0.05) is 11.6 Å². The lowest BCUT2D eigenvalue weighted by atomic mass is 9.95. The second-order valence-corrected chi connectivity index (χ2v) is 4.44. The van der Waals surface area contributed by atoms with Crippen LogP contribution in [0, 0.1) is 0 Å². The van der Waals surface area contributed by atoms with Gasteiger partial charge in [0.05, 0.1) is 11.7 Å². The molecule has 0 aliphatic carbocycles. The molecule has 2 nitrogen and oxygen atoms in total. The van der Waals surface area contributed by atoms with Crippen molar-refractivity contribution in [1.82, 2.24) is 0 Å². The van der Waals surface area contributed by atoms with Crippen molar-refractivity contribution in [1.29, 1.82) is 0 Å². The summed E-state index contributed by atoms with van der Waals surface area (Å²) >= 11 is 0. The van der Waals surface area contributed by atoms with Crippen molar-refractivity contribution < 1.29 is 9.53 Å². The van der Waals surface area contributed by atoms with Crippen molar-refractivity contribution >= 4 is 5.78 Å². The third kappa shape index (κ3) is 3.31. The Labute approximate surface area is 80.0 Å². The molecule has 0 fully saturated rings. The monoisotopic (exact) mass is 182 g/mol. The maximum Gasteiger partial charge on any atom is 0.132 e. The van der Waals surface area contributed by atoms with Crippen LogP contribution in [0.3, 0.4) is 0 Å². The number of hydrogen-bond acceptors (Lipinski definition) is 2. The molecule has 0 spiro atoms. The van der Waals surface area contributed by atoms with E-state index in [2.05, 4.69) is 13.0 Å². The van der Waals surface area contributed by atoms with Crippen LogP contribution in [-0.2, 0) is 9.53 Å². The zero-order valence-corrected chi connectivity index (χ0v) is 8.89. The van der Waals surface area contributed by atoms with Gasteiger partial charge in [0.25, 0.3) is 0 Å². The van der Waals surface area contributed by atoms with Gasteiger partial charge in [0.2, 0.25) is 0 Å². The lowest BCUT2D eigenvalue weighted by molar-refractivity contribution is -0.123. The van der Waals surface area contributed by atoms with Crippen LogP contribution in [0.25, 0.3) is 0 Å². The summed E-state index contributed by atoms with van der Waals surface area (Å²) in [5.41, 5.74) is 1.12. The Bertz CT molecular complexity index is 238. The first-order valence-electron chi connectivity index (χ1n) is 4.74. The quantitative estimate of drug-likeness (QED) is 0.613. The second-order valence-electron chi connectivity index (χ2n) is 4.44. The van der Waals surface area contributed by atoms with Gasteiger partial charge in [-0.2, -0.15) is 0 Å². The van der Waals surface area contributed by atoms with E-state index in [0.717, 1.165) is 6.42 Å². The van der Waals surface area contributed by atoms with E-state index in [4.69, 9.17) is 4.74 Å². The Morgan fingerprint density at radius 3 is 2.77 bits per heavy atom. The number of carbonyl (C=O) groups is 1. The SMILES string of the molecule is CC(=O)CC1CC(C)=CC(C)(C)O1. The highest BCUT2D eigenvalue weighted by Crippen LogP contribution is 2.27. The van der Waals surface area contributed by atoms with Gasteiger partial charge >= 0.3 is 0 Å². The maximum absolute atomic E-state index is 10.9. The molecule has 1 rings (SSSR count). The predicted molar refractivity (Wildman–Crippen MR) is 52.6 cm³/mol. The van der Waals surface area contributed by atoms with Crippen LogP contribution in [0.4, 0.5) is 0 Å². The van der Waals surface area contributed by atoms with Gasteiger partial charge in [0, 0.05) is 6.42 Å². The zero-order valence-electron chi connectivity index (χ0n) is 8.89. The summed E-state index contributed by atoms with van der Waals surface area (Å²) in [4.78, 5) is 10.9. The minimum atomic E-state index is -0.206. The molecule has 74 valence electrons. The van der Waals surface area contributed by atoms with E-state index in [1.54, 1.807) is 6.92 Å². The Hall–Kier alpha value is -0.630. The van der Waals surface area contributed by atoms with Crippen molar-refractivity contribution in [3.8, 4) is 0 Å². The first kappa shape index (κ1) is 10.5. The molecule has 0 saturated carbocycles. The van der Waals surface area contributed by atoms with Gasteiger partial charge in [-0.15, -0.1) is 0 Å². The highest BCUT2D eigenvalue weighted by Gasteiger charge is 2.27. The molecule has 0 aromatic rings. The van der Waals surface area contributed by atoms with E-state index < -0.39 is 0 Å². The number of carbonyl (C=O) groups excluding carboxylic acids is 1. The lowest BCUT2D eigenvalue weighted by Crippen LogP contribution is -2.34. The lowest BCUT2D eigenvalue weighted by Gasteiger charge is -2.33. The largest absolute Gasteiger partial charge is 0.367 e. The van der Waals surface area contributed by atoms with Crippen LogP contribution in [-0.4, -0.2) is 17.5 Å². The van der Waals surface area contributed by atoms with Gasteiger partial charge in [0.15, 0.2) is 0 Å². The molecule has 0 bridgehead atoms. The highest BCUT2D eigenvalue weighted by molar-refractivity contribution is 5.76. The number of ether oxygens (including phenoxy) is 1. The fraction of sp³-hybridized carbons (Fsp3) is 0.727. The molecule has 1 aliphatic rings. The molecule has 1 atom stereocenters. The summed E-state index contributed by atoms with van der Waals surface area (Å²) in [5.74, 6) is 0.204. The van der Waals surface area contributed by atoms with Crippen LogP contribution in [0.15, 0.2) is 11.6 Å². The molecule has 0 N–H and O–H groups in total. The summed E-state index contributed by atoms with van der Waals surface area (Å²) in [6.45, 7) is 7.77. The summed E-state index contributed by atoms with van der Waals surface area (Å²) in [5, 5.41) is 0. The van der Waals surface area contributed by atoms with Gasteiger partial charge < -0.3 is 4.74 Å². The van der Waals surface area contributed by atoms with Crippen LogP contribution in [0.2, 0.25) is 0 Å². The van der Waals surface area contributed by atoms with Gasteiger partial charge in [-0.05, 0) is 34.1 Å². The summed E-state index contributed by atoms with van der Waals surface area (Å²) in [6, 6.07) is 0. The standard InChI is InChI=1S/C11H18O2/c1-8-5-10(6-9(2)12)13-11(3,4)7-8/h7,10H,5-6H2,1-4H3. The zero-order chi connectivity index (χ0) is 10.1. The highest BCUT2D eigenvalue weighted by atomic mass is 16.5. The number of Topliss-reactive ketones (excluding diaryl/α,β-unsaturated/α-hetero) is 1. The fourth-order valence-electron chi connectivity index (χ4n) is 1.95. The molecule has 13 heavy (non-hydrogen) atoms. The smallest absolute Gasteiger partial charge is 0.132 e. The normalized spacial score (nSPS) is 26.8. The third-order valence-electron chi connectivity index (χ3n) is 2.13. The summed E-state index contributed by atoms with van der Waals surface area (Å²) in [6.07, 6.45) is 3.64. The van der Waals surface area contributed by atoms with E-state index in [9.17, 15) is 4.79 Å². The maximum atomic E-state index is 10.9. The molecule has 1 heterocycles. The predicted octanol–water partition coefficient (Wildman–Crippen LogP) is 2.48. The summed E-state index contributed by atoms with van der Waals surface area (Å²) < 4.78 is 5.76. The molecular weight excluding hydrogens is 164 g/mol. The van der Waals surface area contributed by atoms with Gasteiger partial charge in [-0.3, -0.25) is 4.79 Å². The van der Waals surface area contributed by atoms with Crippen molar-refractivity contribution in [2.45, 2.75) is 52.2 Å². The van der Waals surface area contributed by atoms with Crippen LogP contribution < -0.4 is 0 Å². The number of rotatable bonds is 2. The Kier molecular flexibility index (Phi) is 2.91. The molecule has 0 amide bonds. The van der Waals surface area contributed by atoms with E-state index in [1.165, 1.54) is 5.57 Å². The third-order valence-corrected chi connectivity index (χ3v) is 2.13. The van der Waals surface area contributed by atoms with Crippen molar-refractivity contribution in [2.75, 3.05) is 0 Å². The van der Waals surface area contributed by atoms with Crippen molar-refractivity contribution in [3.63, 3.8) is 0 Å². The van der Waals surface area contributed by atoms with Crippen LogP contribution in [0.5, 0.6) is 0 Å². The van der Waals surface area contributed by atoms with Crippen molar-refractivity contribution in [2.24, 2.45) is 0 Å². The van der Waals surface area contributed by atoms with Crippen LogP contribution in [0.1, 0.15) is 40.5 Å².